The standard InChI is InChI=1S/C18H20N4/c1-18(2)14-8-7-13(16(18)9-14)11-20-22-17-15-6-4-3-5-12(15)10-19-21-17/h3-7,10-11,14,16H,8-9H2,1-2H3,(H,21,22). The van der Waals surface area contributed by atoms with Crippen LogP contribution in [0.2, 0.25) is 0 Å². The smallest absolute Gasteiger partial charge is 0.176 e. The van der Waals surface area contributed by atoms with Crippen molar-refractivity contribution < 1.29 is 0 Å². The number of hydrogen-bond donors (Lipinski definition) is 1. The van der Waals surface area contributed by atoms with Crippen molar-refractivity contribution in [2.45, 2.75) is 26.7 Å². The number of nitrogens with zero attached hydrogens (tertiary/aromatic N) is 3. The van der Waals surface area contributed by atoms with Crippen LogP contribution in [-0.4, -0.2) is 16.4 Å². The minimum Gasteiger partial charge on any atom is -0.259 e. The third kappa shape index (κ3) is 2.02. The lowest BCUT2D eigenvalue weighted by Gasteiger charge is -2.55. The Balaban J connectivity index is 1.54. The van der Waals surface area contributed by atoms with Crippen LogP contribution in [-0.2, 0) is 0 Å². The summed E-state index contributed by atoms with van der Waals surface area (Å²) in [5, 5.41) is 14.7. The summed E-state index contributed by atoms with van der Waals surface area (Å²) in [6.07, 6.45) is 8.55. The minimum absolute atomic E-state index is 0.426. The highest BCUT2D eigenvalue weighted by Gasteiger charge is 2.50. The predicted octanol–water partition coefficient (Wildman–Crippen LogP) is 4.02. The van der Waals surface area contributed by atoms with Gasteiger partial charge in [-0.3, -0.25) is 5.43 Å². The number of anilines is 1. The lowest BCUT2D eigenvalue weighted by atomic mass is 9.49. The maximum absolute atomic E-state index is 4.41. The molecule has 0 radical (unpaired) electrons. The van der Waals surface area contributed by atoms with E-state index < -0.39 is 0 Å². The molecule has 2 aromatic rings. The van der Waals surface area contributed by atoms with Crippen LogP contribution in [0.15, 0.2) is 47.2 Å². The Hall–Kier alpha value is -2.23. The van der Waals surface area contributed by atoms with Crippen LogP contribution in [0.1, 0.15) is 26.7 Å². The Kier molecular flexibility index (Phi) is 2.99. The lowest BCUT2D eigenvalue weighted by molar-refractivity contribution is -0.00124. The van der Waals surface area contributed by atoms with Gasteiger partial charge in [-0.2, -0.15) is 10.2 Å². The van der Waals surface area contributed by atoms with E-state index in [1.165, 1.54) is 18.4 Å². The van der Waals surface area contributed by atoms with Gasteiger partial charge >= 0.3 is 0 Å². The van der Waals surface area contributed by atoms with Gasteiger partial charge in [-0.25, -0.2) is 0 Å². The number of rotatable bonds is 3. The summed E-state index contributed by atoms with van der Waals surface area (Å²) in [7, 11) is 0. The number of nitrogens with one attached hydrogen (secondary N) is 1. The van der Waals surface area contributed by atoms with Crippen molar-refractivity contribution in [1.82, 2.24) is 10.2 Å². The van der Waals surface area contributed by atoms with E-state index in [1.54, 1.807) is 6.20 Å². The van der Waals surface area contributed by atoms with E-state index in [2.05, 4.69) is 40.6 Å². The van der Waals surface area contributed by atoms with E-state index in [0.717, 1.165) is 16.7 Å². The van der Waals surface area contributed by atoms with Crippen LogP contribution < -0.4 is 5.43 Å². The van der Waals surface area contributed by atoms with Crippen molar-refractivity contribution >= 4 is 22.8 Å². The summed E-state index contributed by atoms with van der Waals surface area (Å²) in [6, 6.07) is 8.06. The Morgan fingerprint density at radius 3 is 3.00 bits per heavy atom. The Morgan fingerprint density at radius 2 is 2.18 bits per heavy atom. The zero-order chi connectivity index (χ0) is 15.2. The lowest BCUT2D eigenvalue weighted by Crippen LogP contribution is -2.48. The molecule has 1 aromatic carbocycles. The molecule has 0 saturated heterocycles. The summed E-state index contributed by atoms with van der Waals surface area (Å²) < 4.78 is 0. The summed E-state index contributed by atoms with van der Waals surface area (Å²) in [5.41, 5.74) is 4.84. The quantitative estimate of drug-likeness (QED) is 0.686. The average molecular weight is 292 g/mol. The average Bonchev–Trinajstić information content (AvgIpc) is 2.55. The van der Waals surface area contributed by atoms with Crippen molar-refractivity contribution in [3.05, 3.63) is 42.1 Å². The van der Waals surface area contributed by atoms with Gasteiger partial charge in [0.1, 0.15) is 0 Å². The third-order valence-electron chi connectivity index (χ3n) is 5.47. The molecule has 4 nitrogen and oxygen atoms in total. The number of hydrazone groups is 1. The van der Waals surface area contributed by atoms with E-state index in [-0.39, 0.29) is 0 Å². The molecular formula is C18H20N4. The van der Waals surface area contributed by atoms with Crippen LogP contribution in [0.5, 0.6) is 0 Å². The van der Waals surface area contributed by atoms with Gasteiger partial charge in [-0.15, -0.1) is 5.10 Å². The SMILES string of the molecule is CC1(C)C2CC=C(C=NNc3nncc4ccccc34)C1C2. The first-order valence-corrected chi connectivity index (χ1v) is 7.86. The highest BCUT2D eigenvalue weighted by atomic mass is 15.3. The molecule has 1 aromatic heterocycles. The second kappa shape index (κ2) is 4.90. The predicted molar refractivity (Wildman–Crippen MR) is 89.7 cm³/mol. The maximum Gasteiger partial charge on any atom is 0.176 e. The van der Waals surface area contributed by atoms with Gasteiger partial charge in [0.05, 0.1) is 12.4 Å². The van der Waals surface area contributed by atoms with Gasteiger partial charge in [0, 0.05) is 10.8 Å². The van der Waals surface area contributed by atoms with Crippen molar-refractivity contribution in [3.8, 4) is 0 Å². The highest BCUT2D eigenvalue weighted by molar-refractivity contribution is 5.91. The molecule has 1 N–H and O–H groups in total. The molecule has 2 bridgehead atoms. The molecule has 1 heterocycles. The van der Waals surface area contributed by atoms with Crippen molar-refractivity contribution in [2.24, 2.45) is 22.4 Å². The number of benzene rings is 1. The molecular weight excluding hydrogens is 272 g/mol. The van der Waals surface area contributed by atoms with Crippen LogP contribution in [0.25, 0.3) is 10.8 Å². The second-order valence-corrected chi connectivity index (χ2v) is 6.90. The molecule has 3 aliphatic rings. The van der Waals surface area contributed by atoms with Gasteiger partial charge < -0.3 is 0 Å². The molecule has 0 aliphatic heterocycles. The molecule has 1 fully saturated rings. The summed E-state index contributed by atoms with van der Waals surface area (Å²) in [6.45, 7) is 4.74. The molecule has 5 rings (SSSR count). The Bertz CT molecular complexity index is 770. The van der Waals surface area contributed by atoms with Crippen LogP contribution in [0, 0.1) is 17.3 Å². The zero-order valence-corrected chi connectivity index (χ0v) is 13.0. The Morgan fingerprint density at radius 1 is 1.32 bits per heavy atom. The number of allylic oxidation sites excluding steroid dienone is 2. The molecule has 1 saturated carbocycles. The fourth-order valence-electron chi connectivity index (χ4n) is 3.82. The Labute approximate surface area is 130 Å². The van der Waals surface area contributed by atoms with E-state index in [9.17, 15) is 0 Å². The normalized spacial score (nSPS) is 25.8. The topological polar surface area (TPSA) is 50.2 Å². The van der Waals surface area contributed by atoms with E-state index in [0.29, 0.717) is 17.2 Å². The van der Waals surface area contributed by atoms with Crippen molar-refractivity contribution in [1.29, 1.82) is 0 Å². The van der Waals surface area contributed by atoms with Gasteiger partial charge in [-0.05, 0) is 35.7 Å². The summed E-state index contributed by atoms with van der Waals surface area (Å²) in [5.74, 6) is 2.21. The fourth-order valence-corrected chi connectivity index (χ4v) is 3.82. The number of hydrogen-bond acceptors (Lipinski definition) is 4. The van der Waals surface area contributed by atoms with E-state index >= 15 is 0 Å². The van der Waals surface area contributed by atoms with E-state index in [4.69, 9.17) is 0 Å². The molecule has 2 atom stereocenters. The number of aromatic nitrogens is 2. The molecule has 0 amide bonds. The minimum atomic E-state index is 0.426. The van der Waals surface area contributed by atoms with Crippen LogP contribution in [0.3, 0.4) is 0 Å². The number of fused-ring (bicyclic) bond motifs is 2. The monoisotopic (exact) mass is 292 g/mol. The van der Waals surface area contributed by atoms with Crippen molar-refractivity contribution in [2.75, 3.05) is 5.43 Å². The zero-order valence-electron chi connectivity index (χ0n) is 13.0. The van der Waals surface area contributed by atoms with Crippen LogP contribution >= 0.6 is 0 Å². The summed E-state index contributed by atoms with van der Waals surface area (Å²) in [4.78, 5) is 0. The highest BCUT2D eigenvalue weighted by Crippen LogP contribution is 2.58. The fraction of sp³-hybridized carbons (Fsp3) is 0.389. The molecule has 2 unspecified atom stereocenters. The second-order valence-electron chi connectivity index (χ2n) is 6.90. The molecule has 3 aliphatic carbocycles. The largest absolute Gasteiger partial charge is 0.259 e. The summed E-state index contributed by atoms with van der Waals surface area (Å²) >= 11 is 0. The maximum atomic E-state index is 4.41. The molecule has 112 valence electrons. The molecule has 22 heavy (non-hydrogen) atoms. The van der Waals surface area contributed by atoms with Gasteiger partial charge in [-0.1, -0.05) is 44.2 Å². The molecule has 0 spiro atoms. The molecule has 4 heteroatoms. The first kappa shape index (κ1) is 13.4. The first-order valence-electron chi connectivity index (χ1n) is 7.86. The van der Waals surface area contributed by atoms with Crippen LogP contribution in [0.4, 0.5) is 5.82 Å². The van der Waals surface area contributed by atoms with E-state index in [1.807, 2.05) is 30.5 Å². The van der Waals surface area contributed by atoms with Gasteiger partial charge in [0.15, 0.2) is 5.82 Å². The van der Waals surface area contributed by atoms with Gasteiger partial charge in [0.2, 0.25) is 0 Å². The first-order chi connectivity index (χ1) is 10.7. The van der Waals surface area contributed by atoms with Crippen molar-refractivity contribution in [3.63, 3.8) is 0 Å². The third-order valence-corrected chi connectivity index (χ3v) is 5.47. The van der Waals surface area contributed by atoms with Gasteiger partial charge in [0.25, 0.3) is 0 Å².